The van der Waals surface area contributed by atoms with E-state index in [0.29, 0.717) is 30.2 Å². The summed E-state index contributed by atoms with van der Waals surface area (Å²) in [7, 11) is 2.56. The molecular weight excluding hydrogens is 438 g/mol. The van der Waals surface area contributed by atoms with Gasteiger partial charge < -0.3 is 28.7 Å². The molecule has 2 aromatic carbocycles. The van der Waals surface area contributed by atoms with E-state index in [0.717, 1.165) is 17.1 Å². The number of furan rings is 1. The van der Waals surface area contributed by atoms with E-state index in [4.69, 9.17) is 23.4 Å². The zero-order valence-corrected chi connectivity index (χ0v) is 18.3. The van der Waals surface area contributed by atoms with E-state index in [2.05, 4.69) is 5.32 Å². The molecule has 0 spiro atoms. The maximum absolute atomic E-state index is 12.0. The Labute approximate surface area is 190 Å². The lowest BCUT2D eigenvalue weighted by atomic mass is 10.0. The molecule has 0 atom stereocenters. The molecule has 1 aliphatic rings. The fourth-order valence-electron chi connectivity index (χ4n) is 3.25. The molecule has 0 radical (unpaired) electrons. The van der Waals surface area contributed by atoms with Crippen molar-refractivity contribution in [2.75, 3.05) is 21.0 Å². The fourth-order valence-corrected chi connectivity index (χ4v) is 3.25. The summed E-state index contributed by atoms with van der Waals surface area (Å²) >= 11 is 0. The highest BCUT2D eigenvalue weighted by Crippen LogP contribution is 2.32. The molecule has 0 bridgehead atoms. The van der Waals surface area contributed by atoms with Gasteiger partial charge in [-0.3, -0.25) is 0 Å². The summed E-state index contributed by atoms with van der Waals surface area (Å²) < 4.78 is 26.2. The van der Waals surface area contributed by atoms with Crippen molar-refractivity contribution in [3.05, 3.63) is 71.0 Å². The maximum Gasteiger partial charge on any atom is 0.337 e. The topological polar surface area (TPSA) is 96.2 Å². The maximum atomic E-state index is 12.0. The van der Waals surface area contributed by atoms with Gasteiger partial charge in [-0.2, -0.15) is 0 Å². The lowest BCUT2D eigenvalue weighted by Gasteiger charge is -2.07. The average Bonchev–Trinajstić information content (AvgIpc) is 3.47. The first-order valence-electron chi connectivity index (χ1n) is 9.57. The predicted octanol–water partition coefficient (Wildman–Crippen LogP) is 3.96. The first-order chi connectivity index (χ1) is 15.1. The van der Waals surface area contributed by atoms with Gasteiger partial charge in [0, 0.05) is 12.1 Å². The van der Waals surface area contributed by atoms with Gasteiger partial charge in [0.2, 0.25) is 6.79 Å². The van der Waals surface area contributed by atoms with Crippen LogP contribution in [0.5, 0.6) is 11.5 Å². The third-order valence-corrected chi connectivity index (χ3v) is 4.79. The van der Waals surface area contributed by atoms with Crippen LogP contribution < -0.4 is 14.8 Å². The molecule has 2 heterocycles. The number of hydrogen-bond donors (Lipinski definition) is 1. The second-order valence-electron chi connectivity index (χ2n) is 6.84. The molecule has 0 saturated carbocycles. The van der Waals surface area contributed by atoms with Crippen LogP contribution in [0.4, 0.5) is 0 Å². The molecule has 1 aliphatic heterocycles. The molecule has 0 unspecified atom stereocenters. The van der Waals surface area contributed by atoms with E-state index in [1.54, 1.807) is 18.2 Å². The molecule has 0 saturated heterocycles. The van der Waals surface area contributed by atoms with Crippen LogP contribution in [0, 0.1) is 0 Å². The first-order valence-corrected chi connectivity index (χ1v) is 9.57. The van der Waals surface area contributed by atoms with Crippen molar-refractivity contribution in [3.8, 4) is 22.8 Å². The number of ether oxygens (including phenoxy) is 4. The Morgan fingerprint density at radius 2 is 1.56 bits per heavy atom. The number of halogens is 1. The number of rotatable bonds is 7. The minimum Gasteiger partial charge on any atom is -0.465 e. The Hall–Kier alpha value is -3.49. The van der Waals surface area contributed by atoms with Gasteiger partial charge in [-0.1, -0.05) is 6.07 Å². The molecule has 32 heavy (non-hydrogen) atoms. The molecule has 0 aliphatic carbocycles. The molecule has 8 nitrogen and oxygen atoms in total. The van der Waals surface area contributed by atoms with E-state index in [1.807, 2.05) is 24.3 Å². The predicted molar refractivity (Wildman–Crippen MR) is 117 cm³/mol. The Morgan fingerprint density at radius 1 is 0.875 bits per heavy atom. The number of fused-ring (bicyclic) bond motifs is 1. The molecule has 4 rings (SSSR count). The highest BCUT2D eigenvalue weighted by molar-refractivity contribution is 5.97. The van der Waals surface area contributed by atoms with E-state index < -0.39 is 11.9 Å². The van der Waals surface area contributed by atoms with Crippen molar-refractivity contribution in [3.63, 3.8) is 0 Å². The summed E-state index contributed by atoms with van der Waals surface area (Å²) in [5.41, 5.74) is 2.11. The number of methoxy groups -OCH3 is 2. The van der Waals surface area contributed by atoms with E-state index in [9.17, 15) is 9.59 Å². The highest BCUT2D eigenvalue weighted by Gasteiger charge is 2.16. The molecule has 9 heteroatoms. The summed E-state index contributed by atoms with van der Waals surface area (Å²) in [5, 5.41) is 3.31. The number of carbonyl (C=O) groups is 2. The van der Waals surface area contributed by atoms with Gasteiger partial charge in [0.1, 0.15) is 11.5 Å². The summed E-state index contributed by atoms with van der Waals surface area (Å²) in [6.07, 6.45) is 0. The van der Waals surface area contributed by atoms with Gasteiger partial charge in [-0.15, -0.1) is 12.4 Å². The number of esters is 2. The van der Waals surface area contributed by atoms with Crippen molar-refractivity contribution in [1.29, 1.82) is 0 Å². The highest BCUT2D eigenvalue weighted by atomic mass is 35.5. The van der Waals surface area contributed by atoms with Crippen LogP contribution in [0.2, 0.25) is 0 Å². The third-order valence-electron chi connectivity index (χ3n) is 4.79. The van der Waals surface area contributed by atoms with Gasteiger partial charge in [0.05, 0.1) is 31.9 Å². The summed E-state index contributed by atoms with van der Waals surface area (Å²) in [6, 6.07) is 14.1. The van der Waals surface area contributed by atoms with Crippen LogP contribution in [0.1, 0.15) is 32.0 Å². The normalized spacial score (nSPS) is 11.6. The minimum atomic E-state index is -0.552. The Kier molecular flexibility index (Phi) is 7.40. The van der Waals surface area contributed by atoms with Gasteiger partial charge in [-0.25, -0.2) is 9.59 Å². The summed E-state index contributed by atoms with van der Waals surface area (Å²) in [5.74, 6) is 1.62. The van der Waals surface area contributed by atoms with Gasteiger partial charge in [0.25, 0.3) is 0 Å². The Morgan fingerprint density at radius 3 is 2.25 bits per heavy atom. The minimum absolute atomic E-state index is 0. The smallest absolute Gasteiger partial charge is 0.337 e. The molecule has 1 N–H and O–H groups in total. The molecule has 3 aromatic rings. The van der Waals surface area contributed by atoms with Crippen LogP contribution in [-0.2, 0) is 22.6 Å². The number of hydrogen-bond acceptors (Lipinski definition) is 8. The van der Waals surface area contributed by atoms with Crippen molar-refractivity contribution in [1.82, 2.24) is 5.32 Å². The zero-order chi connectivity index (χ0) is 21.8. The van der Waals surface area contributed by atoms with Crippen molar-refractivity contribution in [2.24, 2.45) is 0 Å². The SMILES string of the molecule is COC(=O)c1cc(C(=O)OC)cc(-c2ccc(CNCc3ccc4c(c3)OCO4)o2)c1.Cl. The van der Waals surface area contributed by atoms with Crippen molar-refractivity contribution < 1.29 is 33.0 Å². The second-order valence-corrected chi connectivity index (χ2v) is 6.84. The number of benzene rings is 2. The molecule has 168 valence electrons. The van der Waals surface area contributed by atoms with Crippen molar-refractivity contribution >= 4 is 24.3 Å². The van der Waals surface area contributed by atoms with E-state index >= 15 is 0 Å². The average molecular weight is 460 g/mol. The van der Waals surface area contributed by atoms with Crippen LogP contribution in [0.25, 0.3) is 11.3 Å². The first kappa shape index (κ1) is 23.2. The Bertz CT molecular complexity index is 1090. The quantitative estimate of drug-likeness (QED) is 0.530. The molecular formula is C23H22ClNO7. The number of carbonyl (C=O) groups excluding carboxylic acids is 2. The fraction of sp³-hybridized carbons (Fsp3) is 0.217. The van der Waals surface area contributed by atoms with E-state index in [1.165, 1.54) is 20.3 Å². The van der Waals surface area contributed by atoms with Crippen LogP contribution in [0.15, 0.2) is 52.9 Å². The molecule has 0 amide bonds. The Balaban J connectivity index is 0.00000289. The van der Waals surface area contributed by atoms with Gasteiger partial charge in [-0.05, 0) is 48.0 Å². The number of nitrogens with one attached hydrogen (secondary N) is 1. The lowest BCUT2D eigenvalue weighted by Crippen LogP contribution is -2.12. The summed E-state index contributed by atoms with van der Waals surface area (Å²) in [6.45, 7) is 1.36. The van der Waals surface area contributed by atoms with Crippen LogP contribution in [-0.4, -0.2) is 33.0 Å². The molecule has 0 fully saturated rings. The van der Waals surface area contributed by atoms with Crippen LogP contribution in [0.3, 0.4) is 0 Å². The van der Waals surface area contributed by atoms with Crippen LogP contribution >= 0.6 is 12.4 Å². The zero-order valence-electron chi connectivity index (χ0n) is 17.5. The van der Waals surface area contributed by atoms with Gasteiger partial charge >= 0.3 is 11.9 Å². The third kappa shape index (κ3) is 5.04. The summed E-state index contributed by atoms with van der Waals surface area (Å²) in [4.78, 5) is 24.0. The second kappa shape index (κ2) is 10.2. The standard InChI is InChI=1S/C23H21NO7.ClH/c1-27-22(25)16-8-15(9-17(10-16)23(26)28-2)19-6-4-18(31-19)12-24-11-14-3-5-20-21(7-14)30-13-29-20;/h3-10,24H,11-13H2,1-2H3;1H. The monoisotopic (exact) mass is 459 g/mol. The van der Waals surface area contributed by atoms with Crippen molar-refractivity contribution in [2.45, 2.75) is 13.1 Å². The van der Waals surface area contributed by atoms with Gasteiger partial charge in [0.15, 0.2) is 11.5 Å². The molecule has 1 aromatic heterocycles. The van der Waals surface area contributed by atoms with E-state index in [-0.39, 0.29) is 30.3 Å². The largest absolute Gasteiger partial charge is 0.465 e. The lowest BCUT2D eigenvalue weighted by molar-refractivity contribution is 0.0599.